The Bertz CT molecular complexity index is 1170. The molecule has 184 valence electrons. The van der Waals surface area contributed by atoms with E-state index in [0.29, 0.717) is 51.0 Å². The fourth-order valence-electron chi connectivity index (χ4n) is 4.73. The van der Waals surface area contributed by atoms with Gasteiger partial charge in [0.25, 0.3) is 5.91 Å². The summed E-state index contributed by atoms with van der Waals surface area (Å²) in [4.78, 5) is 17.4. The van der Waals surface area contributed by atoms with Gasteiger partial charge in [0, 0.05) is 31.8 Å². The van der Waals surface area contributed by atoms with E-state index in [1.54, 1.807) is 17.0 Å². The molecule has 0 bridgehead atoms. The van der Waals surface area contributed by atoms with Crippen LogP contribution >= 0.6 is 0 Å². The zero-order valence-electron chi connectivity index (χ0n) is 19.9. The zero-order valence-corrected chi connectivity index (χ0v) is 19.9. The van der Waals surface area contributed by atoms with Crippen LogP contribution in [0.5, 0.6) is 0 Å². The number of aromatic nitrogens is 1. The van der Waals surface area contributed by atoms with Crippen LogP contribution in [0.15, 0.2) is 53.1 Å². The van der Waals surface area contributed by atoms with E-state index in [4.69, 9.17) is 14.0 Å². The van der Waals surface area contributed by atoms with Gasteiger partial charge >= 0.3 is 0 Å². The number of benzene rings is 2. The fourth-order valence-corrected chi connectivity index (χ4v) is 4.73. The molecule has 0 N–H and O–H groups in total. The van der Waals surface area contributed by atoms with E-state index in [2.05, 4.69) is 10.1 Å². The predicted octanol–water partition coefficient (Wildman–Crippen LogP) is 4.45. The van der Waals surface area contributed by atoms with Crippen molar-refractivity contribution in [2.24, 2.45) is 0 Å². The molecule has 7 nitrogen and oxygen atoms in total. The lowest BCUT2D eigenvalue weighted by Gasteiger charge is -2.29. The third-order valence-electron chi connectivity index (χ3n) is 6.55. The molecule has 2 saturated heterocycles. The number of hydrogen-bond acceptors (Lipinski definition) is 6. The van der Waals surface area contributed by atoms with Gasteiger partial charge in [-0.3, -0.25) is 4.79 Å². The Kier molecular flexibility index (Phi) is 7.11. The summed E-state index contributed by atoms with van der Waals surface area (Å²) >= 11 is 0. The average molecular weight is 480 g/mol. The van der Waals surface area contributed by atoms with Crippen molar-refractivity contribution in [3.63, 3.8) is 0 Å². The first-order chi connectivity index (χ1) is 17.1. The van der Waals surface area contributed by atoms with Crippen LogP contribution < -0.4 is 4.90 Å². The number of rotatable bonds is 7. The van der Waals surface area contributed by atoms with Crippen LogP contribution in [-0.4, -0.2) is 61.5 Å². The molecule has 0 unspecified atom stereocenters. The number of aryl methyl sites for hydroxylation is 1. The van der Waals surface area contributed by atoms with Crippen LogP contribution in [0.4, 0.5) is 10.3 Å². The van der Waals surface area contributed by atoms with Gasteiger partial charge in [0.05, 0.1) is 37.0 Å². The number of morpholine rings is 1. The Morgan fingerprint density at radius 3 is 2.71 bits per heavy atom. The minimum Gasteiger partial charge on any atom is -0.378 e. The van der Waals surface area contributed by atoms with Crippen molar-refractivity contribution in [3.8, 4) is 11.3 Å². The minimum atomic E-state index is -0.535. The maximum atomic E-state index is 14.6. The quantitative estimate of drug-likeness (QED) is 0.499. The molecule has 2 aromatic carbocycles. The number of ether oxygens (including phenoxy) is 2. The van der Waals surface area contributed by atoms with E-state index >= 15 is 0 Å². The van der Waals surface area contributed by atoms with Crippen LogP contribution in [-0.2, 0) is 16.0 Å². The highest BCUT2D eigenvalue weighted by atomic mass is 19.1. The van der Waals surface area contributed by atoms with Crippen LogP contribution in [0.2, 0.25) is 0 Å². The molecule has 35 heavy (non-hydrogen) atoms. The van der Waals surface area contributed by atoms with Gasteiger partial charge in [0.1, 0.15) is 11.5 Å². The summed E-state index contributed by atoms with van der Waals surface area (Å²) in [6, 6.07) is 14.1. The molecule has 3 aromatic rings. The summed E-state index contributed by atoms with van der Waals surface area (Å²) in [5, 5.41) is 4.44. The number of nitrogens with zero attached hydrogens (tertiary/aromatic N) is 3. The van der Waals surface area contributed by atoms with E-state index < -0.39 is 5.82 Å². The average Bonchev–Trinajstić information content (AvgIpc) is 3.54. The van der Waals surface area contributed by atoms with Gasteiger partial charge in [-0.15, -0.1) is 0 Å². The van der Waals surface area contributed by atoms with Crippen LogP contribution in [0.25, 0.3) is 11.3 Å². The number of carbonyl (C=O) groups excluding carboxylic acids is 1. The second-order valence-corrected chi connectivity index (χ2v) is 9.08. The molecule has 5 rings (SSSR count). The molecular formula is C27H30FN3O4. The van der Waals surface area contributed by atoms with Gasteiger partial charge < -0.3 is 23.8 Å². The van der Waals surface area contributed by atoms with Crippen molar-refractivity contribution in [2.75, 3.05) is 44.4 Å². The Hall–Kier alpha value is -3.23. The smallest absolute Gasteiger partial charge is 0.257 e. The molecule has 3 heterocycles. The van der Waals surface area contributed by atoms with Gasteiger partial charge in [0.2, 0.25) is 5.88 Å². The largest absolute Gasteiger partial charge is 0.378 e. The lowest BCUT2D eigenvalue weighted by molar-refractivity contribution is 0.0503. The number of carbonyl (C=O) groups is 1. The molecule has 2 fully saturated rings. The first-order valence-electron chi connectivity index (χ1n) is 12.1. The lowest BCUT2D eigenvalue weighted by atomic mass is 10.0. The Morgan fingerprint density at radius 1 is 1.14 bits per heavy atom. The fraction of sp³-hybridized carbons (Fsp3) is 0.407. The second-order valence-electron chi connectivity index (χ2n) is 9.08. The number of anilines is 1. The monoisotopic (exact) mass is 479 g/mol. The van der Waals surface area contributed by atoms with Crippen LogP contribution in [0.3, 0.4) is 0 Å². The van der Waals surface area contributed by atoms with Crippen molar-refractivity contribution >= 4 is 11.8 Å². The molecule has 8 heteroatoms. The Labute approximate surface area is 204 Å². The lowest BCUT2D eigenvalue weighted by Crippen LogP contribution is -2.39. The summed E-state index contributed by atoms with van der Waals surface area (Å²) in [5.74, 6) is -0.279. The highest BCUT2D eigenvalue weighted by Gasteiger charge is 2.30. The van der Waals surface area contributed by atoms with Crippen molar-refractivity contribution < 1.29 is 23.2 Å². The van der Waals surface area contributed by atoms with E-state index in [0.717, 1.165) is 29.5 Å². The normalized spacial score (nSPS) is 18.1. The summed E-state index contributed by atoms with van der Waals surface area (Å²) in [6.07, 6.45) is 1.73. The highest BCUT2D eigenvalue weighted by molar-refractivity contribution is 5.94. The van der Waals surface area contributed by atoms with Crippen molar-refractivity contribution in [1.29, 1.82) is 0 Å². The molecule has 1 atom stereocenters. The highest BCUT2D eigenvalue weighted by Crippen LogP contribution is 2.34. The molecule has 2 aliphatic heterocycles. The molecule has 0 spiro atoms. The molecule has 2 aliphatic rings. The SMILES string of the molecule is Cc1cccc(-c2noc(N3CCOCC3)c2CN(C[C@@H]2CCCO2)C(=O)c2ccccc2F)c1. The van der Waals surface area contributed by atoms with Gasteiger partial charge in [-0.25, -0.2) is 4.39 Å². The maximum absolute atomic E-state index is 14.6. The van der Waals surface area contributed by atoms with Gasteiger partial charge in [-0.05, 0) is 38.0 Å². The van der Waals surface area contributed by atoms with Gasteiger partial charge in [-0.2, -0.15) is 0 Å². The third kappa shape index (κ3) is 5.23. The molecule has 1 amide bonds. The maximum Gasteiger partial charge on any atom is 0.257 e. The van der Waals surface area contributed by atoms with Crippen molar-refractivity contribution in [3.05, 3.63) is 71.0 Å². The van der Waals surface area contributed by atoms with E-state index in [1.165, 1.54) is 12.1 Å². The topological polar surface area (TPSA) is 68.0 Å². The summed E-state index contributed by atoms with van der Waals surface area (Å²) in [6.45, 7) is 5.82. The van der Waals surface area contributed by atoms with E-state index in [1.807, 2.05) is 31.2 Å². The molecular weight excluding hydrogens is 449 g/mol. The minimum absolute atomic E-state index is 0.0481. The van der Waals surface area contributed by atoms with Crippen molar-refractivity contribution in [1.82, 2.24) is 10.1 Å². The Morgan fingerprint density at radius 2 is 1.97 bits per heavy atom. The van der Waals surface area contributed by atoms with Gasteiger partial charge in [0.15, 0.2) is 0 Å². The second kappa shape index (κ2) is 10.6. The molecule has 1 aromatic heterocycles. The standard InChI is InChI=1S/C27H30FN3O4/c1-19-6-4-7-20(16-19)25-23(27(35-29-25)30-11-14-33-15-12-30)18-31(17-21-8-5-13-34-21)26(32)22-9-2-3-10-24(22)28/h2-4,6-7,9-10,16,21H,5,8,11-15,17-18H2,1H3/t21-/m0/s1. The van der Waals surface area contributed by atoms with Crippen molar-refractivity contribution in [2.45, 2.75) is 32.4 Å². The van der Waals surface area contributed by atoms with E-state index in [9.17, 15) is 9.18 Å². The number of hydrogen-bond donors (Lipinski definition) is 0. The van der Waals surface area contributed by atoms with E-state index in [-0.39, 0.29) is 24.1 Å². The predicted molar refractivity (Wildman–Crippen MR) is 130 cm³/mol. The summed E-state index contributed by atoms with van der Waals surface area (Å²) in [5.41, 5.74) is 3.56. The number of amides is 1. The summed E-state index contributed by atoms with van der Waals surface area (Å²) < 4.78 is 31.9. The first-order valence-corrected chi connectivity index (χ1v) is 12.1. The van der Waals surface area contributed by atoms with Gasteiger partial charge in [-0.1, -0.05) is 41.1 Å². The number of halogens is 1. The third-order valence-corrected chi connectivity index (χ3v) is 6.55. The molecule has 0 radical (unpaired) electrons. The molecule has 0 aliphatic carbocycles. The van der Waals surface area contributed by atoms with Crippen LogP contribution in [0, 0.1) is 12.7 Å². The summed E-state index contributed by atoms with van der Waals surface area (Å²) in [7, 11) is 0. The Balaban J connectivity index is 1.54. The zero-order chi connectivity index (χ0) is 24.2. The first kappa shape index (κ1) is 23.5. The van der Waals surface area contributed by atoms with Crippen LogP contribution in [0.1, 0.15) is 34.3 Å². The molecule has 0 saturated carbocycles.